The van der Waals surface area contributed by atoms with Crippen LogP contribution in [0, 0.1) is 9.52 Å². The summed E-state index contributed by atoms with van der Waals surface area (Å²) in [5, 5.41) is 0. The molecule has 0 unspecified atom stereocenters. The number of imidazole rings is 1. The van der Waals surface area contributed by atoms with Crippen LogP contribution in [0.15, 0.2) is 16.7 Å². The summed E-state index contributed by atoms with van der Waals surface area (Å²) in [5.41, 5.74) is 0.211. The van der Waals surface area contributed by atoms with Gasteiger partial charge in [-0.2, -0.15) is 13.2 Å². The van der Waals surface area contributed by atoms with E-state index in [4.69, 9.17) is 0 Å². The van der Waals surface area contributed by atoms with E-state index in [1.807, 2.05) is 0 Å². The zero-order chi connectivity index (χ0) is 12.8. The molecule has 2 aromatic rings. The lowest BCUT2D eigenvalue weighted by atomic mass is 10.3. The van der Waals surface area contributed by atoms with Gasteiger partial charge in [-0.15, -0.1) is 0 Å². The van der Waals surface area contributed by atoms with E-state index in [-0.39, 0.29) is 15.0 Å². The van der Waals surface area contributed by atoms with Crippen LogP contribution in [-0.2, 0) is 6.42 Å². The zero-order valence-corrected chi connectivity index (χ0v) is 11.8. The molecular formula is C9H4BrF4IN2. The van der Waals surface area contributed by atoms with Gasteiger partial charge in [0.05, 0.1) is 16.6 Å². The molecule has 17 heavy (non-hydrogen) atoms. The van der Waals surface area contributed by atoms with Crippen LogP contribution in [0.4, 0.5) is 17.6 Å². The van der Waals surface area contributed by atoms with Crippen molar-refractivity contribution < 1.29 is 17.6 Å². The minimum absolute atomic E-state index is 0.0618. The van der Waals surface area contributed by atoms with Crippen molar-refractivity contribution in [1.29, 1.82) is 0 Å². The third-order valence-electron chi connectivity index (χ3n) is 2.06. The van der Waals surface area contributed by atoms with Crippen molar-refractivity contribution in [3.63, 3.8) is 0 Å². The van der Waals surface area contributed by atoms with Crippen LogP contribution >= 0.6 is 38.5 Å². The number of nitrogens with zero attached hydrogens (tertiary/aromatic N) is 2. The average molecular weight is 423 g/mol. The SMILES string of the molecule is Fc1cc(Br)c2nc(I)c(CC(F)(F)F)n2c1. The van der Waals surface area contributed by atoms with Crippen molar-refractivity contribution in [2.75, 3.05) is 0 Å². The normalized spacial score (nSPS) is 12.4. The van der Waals surface area contributed by atoms with Gasteiger partial charge in [0.1, 0.15) is 9.52 Å². The molecule has 2 rings (SSSR count). The highest BCUT2D eigenvalue weighted by Crippen LogP contribution is 2.28. The predicted molar refractivity (Wildman–Crippen MR) is 65.3 cm³/mol. The van der Waals surface area contributed by atoms with Crippen LogP contribution in [0.2, 0.25) is 0 Å². The quantitative estimate of drug-likeness (QED) is 0.502. The summed E-state index contributed by atoms with van der Waals surface area (Å²) in [6.45, 7) is 0. The first-order valence-electron chi connectivity index (χ1n) is 4.36. The Morgan fingerprint density at radius 2 is 2.06 bits per heavy atom. The lowest BCUT2D eigenvalue weighted by Crippen LogP contribution is -2.14. The molecule has 0 aromatic carbocycles. The van der Waals surface area contributed by atoms with Gasteiger partial charge < -0.3 is 0 Å². The fraction of sp³-hybridized carbons (Fsp3) is 0.222. The lowest BCUT2D eigenvalue weighted by molar-refractivity contribution is -0.128. The molecule has 0 N–H and O–H groups in total. The average Bonchev–Trinajstić information content (AvgIpc) is 2.43. The molecule has 0 atom stereocenters. The van der Waals surface area contributed by atoms with E-state index >= 15 is 0 Å². The van der Waals surface area contributed by atoms with Crippen LogP contribution < -0.4 is 0 Å². The number of hydrogen-bond acceptors (Lipinski definition) is 1. The van der Waals surface area contributed by atoms with Crippen molar-refractivity contribution in [2.24, 2.45) is 0 Å². The van der Waals surface area contributed by atoms with Gasteiger partial charge in [0.15, 0.2) is 5.65 Å². The van der Waals surface area contributed by atoms with Gasteiger partial charge in [0.25, 0.3) is 0 Å². The fourth-order valence-electron chi connectivity index (χ4n) is 1.44. The summed E-state index contributed by atoms with van der Waals surface area (Å²) in [7, 11) is 0. The van der Waals surface area contributed by atoms with Gasteiger partial charge in [-0.05, 0) is 44.6 Å². The van der Waals surface area contributed by atoms with Crippen LogP contribution in [-0.4, -0.2) is 15.6 Å². The van der Waals surface area contributed by atoms with E-state index in [0.29, 0.717) is 4.47 Å². The van der Waals surface area contributed by atoms with Crippen LogP contribution in [0.1, 0.15) is 5.69 Å². The van der Waals surface area contributed by atoms with Gasteiger partial charge in [-0.1, -0.05) is 0 Å². The summed E-state index contributed by atoms with van der Waals surface area (Å²) >= 11 is 4.77. The van der Waals surface area contributed by atoms with Crippen molar-refractivity contribution in [1.82, 2.24) is 9.38 Å². The molecule has 0 saturated carbocycles. The number of fused-ring (bicyclic) bond motifs is 1. The second kappa shape index (κ2) is 4.38. The maximum Gasteiger partial charge on any atom is 0.394 e. The number of hydrogen-bond donors (Lipinski definition) is 0. The first kappa shape index (κ1) is 13.1. The Morgan fingerprint density at radius 3 is 2.65 bits per heavy atom. The smallest absolute Gasteiger partial charge is 0.299 e. The van der Waals surface area contributed by atoms with Gasteiger partial charge in [0, 0.05) is 6.20 Å². The highest BCUT2D eigenvalue weighted by atomic mass is 127. The standard InChI is InChI=1S/C9H4BrF4IN2/c10-5-1-4(11)3-17-6(2-9(12,13)14)7(15)16-8(5)17/h1,3H,2H2. The molecule has 2 aromatic heterocycles. The first-order chi connectivity index (χ1) is 7.78. The Balaban J connectivity index is 2.66. The Morgan fingerprint density at radius 1 is 1.41 bits per heavy atom. The third kappa shape index (κ3) is 2.72. The Labute approximate surface area is 115 Å². The summed E-state index contributed by atoms with van der Waals surface area (Å²) in [5.74, 6) is -0.624. The third-order valence-corrected chi connectivity index (χ3v) is 3.51. The molecule has 2 nitrogen and oxygen atoms in total. The number of alkyl halides is 3. The molecular weight excluding hydrogens is 419 g/mol. The minimum Gasteiger partial charge on any atom is -0.299 e. The van der Waals surface area contributed by atoms with E-state index in [1.165, 1.54) is 0 Å². The summed E-state index contributed by atoms with van der Waals surface area (Å²) in [4.78, 5) is 3.97. The van der Waals surface area contributed by atoms with E-state index in [2.05, 4.69) is 20.9 Å². The Bertz CT molecular complexity index is 578. The van der Waals surface area contributed by atoms with E-state index < -0.39 is 18.4 Å². The van der Waals surface area contributed by atoms with Gasteiger partial charge >= 0.3 is 6.18 Å². The number of aromatic nitrogens is 2. The molecule has 0 saturated heterocycles. The molecule has 0 aliphatic heterocycles. The van der Waals surface area contributed by atoms with Crippen molar-refractivity contribution in [3.8, 4) is 0 Å². The number of halogens is 6. The molecule has 92 valence electrons. The molecule has 0 aliphatic rings. The maximum atomic E-state index is 13.2. The lowest BCUT2D eigenvalue weighted by Gasteiger charge is -2.07. The summed E-state index contributed by atoms with van der Waals surface area (Å²) < 4.78 is 51.9. The first-order valence-corrected chi connectivity index (χ1v) is 6.23. The van der Waals surface area contributed by atoms with Crippen LogP contribution in [0.25, 0.3) is 5.65 Å². The maximum absolute atomic E-state index is 13.2. The second-order valence-electron chi connectivity index (χ2n) is 3.34. The predicted octanol–water partition coefficient (Wildman–Crippen LogP) is 3.95. The van der Waals surface area contributed by atoms with Crippen molar-refractivity contribution in [2.45, 2.75) is 12.6 Å². The van der Waals surface area contributed by atoms with Crippen molar-refractivity contribution in [3.05, 3.63) is 31.9 Å². The van der Waals surface area contributed by atoms with E-state index in [0.717, 1.165) is 16.7 Å². The summed E-state index contributed by atoms with van der Waals surface area (Å²) in [6, 6.07) is 1.16. The highest BCUT2D eigenvalue weighted by Gasteiger charge is 2.31. The number of rotatable bonds is 1. The molecule has 0 spiro atoms. The second-order valence-corrected chi connectivity index (χ2v) is 5.22. The number of pyridine rings is 1. The molecule has 0 amide bonds. The minimum atomic E-state index is -4.35. The molecule has 0 radical (unpaired) electrons. The molecule has 8 heteroatoms. The van der Waals surface area contributed by atoms with Gasteiger partial charge in [-0.25, -0.2) is 9.37 Å². The van der Waals surface area contributed by atoms with Crippen LogP contribution in [0.5, 0.6) is 0 Å². The fourth-order valence-corrected chi connectivity index (χ4v) is 2.62. The van der Waals surface area contributed by atoms with E-state index in [9.17, 15) is 17.6 Å². The van der Waals surface area contributed by atoms with E-state index in [1.54, 1.807) is 22.6 Å². The van der Waals surface area contributed by atoms with Crippen LogP contribution in [0.3, 0.4) is 0 Å². The monoisotopic (exact) mass is 422 g/mol. The molecule has 0 fully saturated rings. The highest BCUT2D eigenvalue weighted by molar-refractivity contribution is 14.1. The molecule has 0 bridgehead atoms. The van der Waals surface area contributed by atoms with Gasteiger partial charge in [0.2, 0.25) is 0 Å². The Kier molecular flexibility index (Phi) is 3.36. The summed E-state index contributed by atoms with van der Waals surface area (Å²) in [6.07, 6.45) is -4.49. The largest absolute Gasteiger partial charge is 0.394 e. The van der Waals surface area contributed by atoms with Crippen molar-refractivity contribution >= 4 is 44.2 Å². The molecule has 2 heterocycles. The Hall–Kier alpha value is -0.380. The molecule has 0 aliphatic carbocycles. The van der Waals surface area contributed by atoms with Gasteiger partial charge in [-0.3, -0.25) is 4.40 Å². The topological polar surface area (TPSA) is 17.3 Å². The zero-order valence-electron chi connectivity index (χ0n) is 8.02.